The van der Waals surface area contributed by atoms with Gasteiger partial charge in [-0.25, -0.2) is 0 Å². The molecule has 0 radical (unpaired) electrons. The normalized spacial score (nSPS) is 23.9. The Balaban J connectivity index is 1.82. The van der Waals surface area contributed by atoms with Gasteiger partial charge in [-0.15, -0.1) is 0 Å². The number of aromatic nitrogens is 2. The van der Waals surface area contributed by atoms with E-state index in [0.717, 1.165) is 18.4 Å². The highest BCUT2D eigenvalue weighted by Crippen LogP contribution is 2.19. The predicted octanol–water partition coefficient (Wildman–Crippen LogP) is 0.825. The SMILES string of the molecule is Cn1cc(CCC(=O)C2C=CC(N)C2)cn1. The number of carbonyl (C=O) groups is 1. The molecule has 2 rings (SSSR count). The minimum absolute atomic E-state index is 0.0340. The van der Waals surface area contributed by atoms with Gasteiger partial charge in [-0.3, -0.25) is 9.48 Å². The summed E-state index contributed by atoms with van der Waals surface area (Å²) in [5.41, 5.74) is 6.83. The van der Waals surface area contributed by atoms with Crippen molar-refractivity contribution in [2.24, 2.45) is 18.7 Å². The average Bonchev–Trinajstić information content (AvgIpc) is 2.84. The Bertz CT molecular complexity index is 408. The Hall–Kier alpha value is -1.42. The number of Topliss-reactive ketones (excluding diaryl/α,β-unsaturated/α-hetero) is 1. The molecule has 4 heteroatoms. The van der Waals surface area contributed by atoms with Crippen LogP contribution in [0.5, 0.6) is 0 Å². The number of nitrogens with zero attached hydrogens (tertiary/aromatic N) is 2. The topological polar surface area (TPSA) is 60.9 Å². The van der Waals surface area contributed by atoms with Crippen LogP contribution < -0.4 is 5.73 Å². The summed E-state index contributed by atoms with van der Waals surface area (Å²) >= 11 is 0. The van der Waals surface area contributed by atoms with Crippen LogP contribution in [0.15, 0.2) is 24.5 Å². The summed E-state index contributed by atoms with van der Waals surface area (Å²) in [5, 5.41) is 4.08. The highest BCUT2D eigenvalue weighted by molar-refractivity contribution is 5.83. The van der Waals surface area contributed by atoms with Crippen LogP contribution in [-0.4, -0.2) is 21.6 Å². The summed E-state index contributed by atoms with van der Waals surface area (Å²) in [5.74, 6) is 0.319. The zero-order valence-corrected chi connectivity index (χ0v) is 9.47. The van der Waals surface area contributed by atoms with Gasteiger partial charge in [-0.05, 0) is 18.4 Å². The van der Waals surface area contributed by atoms with Crippen molar-refractivity contribution in [3.05, 3.63) is 30.1 Å². The van der Waals surface area contributed by atoms with E-state index >= 15 is 0 Å². The van der Waals surface area contributed by atoms with E-state index in [9.17, 15) is 4.79 Å². The fraction of sp³-hybridized carbons (Fsp3) is 0.500. The minimum atomic E-state index is 0.0340. The van der Waals surface area contributed by atoms with Gasteiger partial charge in [0.15, 0.2) is 0 Å². The van der Waals surface area contributed by atoms with Crippen molar-refractivity contribution in [3.63, 3.8) is 0 Å². The molecular weight excluding hydrogens is 202 g/mol. The number of ketones is 1. The predicted molar refractivity (Wildman–Crippen MR) is 61.8 cm³/mol. The first-order chi connectivity index (χ1) is 7.65. The van der Waals surface area contributed by atoms with Crippen molar-refractivity contribution in [1.29, 1.82) is 0 Å². The fourth-order valence-corrected chi connectivity index (χ4v) is 2.02. The highest BCUT2D eigenvalue weighted by atomic mass is 16.1. The molecule has 4 nitrogen and oxygen atoms in total. The van der Waals surface area contributed by atoms with Gasteiger partial charge in [0.25, 0.3) is 0 Å². The van der Waals surface area contributed by atoms with Crippen LogP contribution in [0, 0.1) is 5.92 Å². The maximum absolute atomic E-state index is 11.8. The van der Waals surface area contributed by atoms with Crippen molar-refractivity contribution >= 4 is 5.78 Å². The molecule has 86 valence electrons. The molecule has 1 aliphatic rings. The van der Waals surface area contributed by atoms with Crippen LogP contribution in [-0.2, 0) is 18.3 Å². The van der Waals surface area contributed by atoms with Gasteiger partial charge in [0.2, 0.25) is 0 Å². The molecule has 0 amide bonds. The van der Waals surface area contributed by atoms with Crippen LogP contribution in [0.4, 0.5) is 0 Å². The molecule has 1 heterocycles. The molecule has 0 bridgehead atoms. The lowest BCUT2D eigenvalue weighted by Crippen LogP contribution is -2.19. The molecule has 2 N–H and O–H groups in total. The monoisotopic (exact) mass is 219 g/mol. The van der Waals surface area contributed by atoms with Crippen LogP contribution in [0.25, 0.3) is 0 Å². The second-order valence-electron chi connectivity index (χ2n) is 4.38. The number of nitrogens with two attached hydrogens (primary N) is 1. The maximum atomic E-state index is 11.8. The van der Waals surface area contributed by atoms with E-state index in [1.807, 2.05) is 31.6 Å². The Morgan fingerprint density at radius 1 is 1.62 bits per heavy atom. The van der Waals surface area contributed by atoms with E-state index < -0.39 is 0 Å². The molecule has 1 aromatic heterocycles. The summed E-state index contributed by atoms with van der Waals surface area (Å²) in [4.78, 5) is 11.8. The van der Waals surface area contributed by atoms with Crippen molar-refractivity contribution < 1.29 is 4.79 Å². The van der Waals surface area contributed by atoms with Crippen molar-refractivity contribution in [1.82, 2.24) is 9.78 Å². The maximum Gasteiger partial charge on any atom is 0.140 e. The first-order valence-corrected chi connectivity index (χ1v) is 5.59. The standard InChI is InChI=1S/C12H17N3O/c1-15-8-9(7-14-15)2-5-12(16)10-3-4-11(13)6-10/h3-4,7-8,10-11H,2,5-6,13H2,1H3. The molecule has 0 aliphatic heterocycles. The van der Waals surface area contributed by atoms with Crippen molar-refractivity contribution in [2.75, 3.05) is 0 Å². The Morgan fingerprint density at radius 2 is 2.44 bits per heavy atom. The van der Waals surface area contributed by atoms with Gasteiger partial charge in [0.1, 0.15) is 5.78 Å². The number of carbonyl (C=O) groups excluding carboxylic acids is 1. The van der Waals surface area contributed by atoms with Gasteiger partial charge in [-0.2, -0.15) is 5.10 Å². The van der Waals surface area contributed by atoms with E-state index in [1.54, 1.807) is 4.68 Å². The quantitative estimate of drug-likeness (QED) is 0.763. The van der Waals surface area contributed by atoms with E-state index in [0.29, 0.717) is 6.42 Å². The number of hydrogen-bond acceptors (Lipinski definition) is 3. The largest absolute Gasteiger partial charge is 0.324 e. The number of aryl methyl sites for hydroxylation is 2. The first kappa shape index (κ1) is 11.1. The molecule has 0 aromatic carbocycles. The molecular formula is C12H17N3O. The second kappa shape index (κ2) is 4.61. The van der Waals surface area contributed by atoms with Crippen LogP contribution in [0.1, 0.15) is 18.4 Å². The second-order valence-corrected chi connectivity index (χ2v) is 4.38. The summed E-state index contributed by atoms with van der Waals surface area (Å²) in [7, 11) is 1.88. The minimum Gasteiger partial charge on any atom is -0.324 e. The van der Waals surface area contributed by atoms with Gasteiger partial charge in [0, 0.05) is 31.6 Å². The van der Waals surface area contributed by atoms with Crippen LogP contribution in [0.3, 0.4) is 0 Å². The third-order valence-electron chi connectivity index (χ3n) is 2.95. The van der Waals surface area contributed by atoms with Crippen LogP contribution in [0.2, 0.25) is 0 Å². The fourth-order valence-electron chi connectivity index (χ4n) is 2.02. The molecule has 0 spiro atoms. The summed E-state index contributed by atoms with van der Waals surface area (Å²) < 4.78 is 1.76. The highest BCUT2D eigenvalue weighted by Gasteiger charge is 2.22. The van der Waals surface area contributed by atoms with E-state index in [2.05, 4.69) is 5.10 Å². The summed E-state index contributed by atoms with van der Waals surface area (Å²) in [6, 6.07) is 0.0624. The molecule has 2 atom stereocenters. The lowest BCUT2D eigenvalue weighted by atomic mass is 9.98. The van der Waals surface area contributed by atoms with Gasteiger partial charge in [-0.1, -0.05) is 12.2 Å². The van der Waals surface area contributed by atoms with Crippen molar-refractivity contribution in [2.45, 2.75) is 25.3 Å². The lowest BCUT2D eigenvalue weighted by Gasteiger charge is -2.07. The first-order valence-electron chi connectivity index (χ1n) is 5.59. The zero-order chi connectivity index (χ0) is 11.5. The summed E-state index contributed by atoms with van der Waals surface area (Å²) in [6.07, 6.45) is 9.74. The van der Waals surface area contributed by atoms with Crippen LogP contribution >= 0.6 is 0 Å². The van der Waals surface area contributed by atoms with Gasteiger partial charge >= 0.3 is 0 Å². The number of rotatable bonds is 4. The molecule has 1 aromatic rings. The van der Waals surface area contributed by atoms with Gasteiger partial charge < -0.3 is 5.73 Å². The third kappa shape index (κ3) is 2.58. The zero-order valence-electron chi connectivity index (χ0n) is 9.47. The Morgan fingerprint density at radius 3 is 3.00 bits per heavy atom. The Kier molecular flexibility index (Phi) is 3.19. The third-order valence-corrected chi connectivity index (χ3v) is 2.95. The van der Waals surface area contributed by atoms with E-state index in [1.165, 1.54) is 0 Å². The van der Waals surface area contributed by atoms with E-state index in [4.69, 9.17) is 5.73 Å². The van der Waals surface area contributed by atoms with E-state index in [-0.39, 0.29) is 17.7 Å². The number of hydrogen-bond donors (Lipinski definition) is 1. The number of allylic oxidation sites excluding steroid dienone is 1. The molecule has 2 unspecified atom stereocenters. The molecule has 0 saturated heterocycles. The summed E-state index contributed by atoms with van der Waals surface area (Å²) in [6.45, 7) is 0. The Labute approximate surface area is 95.1 Å². The van der Waals surface area contributed by atoms with Crippen molar-refractivity contribution in [3.8, 4) is 0 Å². The smallest absolute Gasteiger partial charge is 0.140 e. The lowest BCUT2D eigenvalue weighted by molar-refractivity contribution is -0.121. The average molecular weight is 219 g/mol. The molecule has 16 heavy (non-hydrogen) atoms. The molecule has 0 fully saturated rings. The van der Waals surface area contributed by atoms with Gasteiger partial charge in [0.05, 0.1) is 6.20 Å². The molecule has 0 saturated carbocycles. The molecule has 1 aliphatic carbocycles.